The van der Waals surface area contributed by atoms with Crippen LogP contribution in [0.15, 0.2) is 0 Å². The van der Waals surface area contributed by atoms with E-state index in [0.29, 0.717) is 0 Å². The maximum Gasteiger partial charge on any atom is 0.0223 e. The van der Waals surface area contributed by atoms with E-state index < -0.39 is 0 Å². The van der Waals surface area contributed by atoms with Gasteiger partial charge in [-0.25, -0.2) is 0 Å². The quantitative estimate of drug-likeness (QED) is 0.426. The van der Waals surface area contributed by atoms with Crippen LogP contribution in [0.3, 0.4) is 0 Å². The third kappa shape index (κ3) is 8.87. The van der Waals surface area contributed by atoms with Crippen LogP contribution in [0, 0.1) is 0 Å². The molecule has 0 N–H and O–H groups in total. The molecule has 0 aromatic rings. The molecule has 0 aliphatic heterocycles. The van der Waals surface area contributed by atoms with Gasteiger partial charge in [0.1, 0.15) is 0 Å². The van der Waals surface area contributed by atoms with E-state index in [-0.39, 0.29) is 19.5 Å². The van der Waals surface area contributed by atoms with Crippen molar-refractivity contribution >= 4 is 11.6 Å². The van der Waals surface area contributed by atoms with E-state index in [1.165, 1.54) is 6.42 Å². The summed E-state index contributed by atoms with van der Waals surface area (Å²) in [6, 6.07) is 0. The molecular formula is C4H9ClZn. The molecule has 2 heteroatoms. The first-order valence-corrected chi connectivity index (χ1v) is 2.51. The second-order valence-electron chi connectivity index (χ2n) is 1.04. The monoisotopic (exact) mass is 156 g/mol. The van der Waals surface area contributed by atoms with Crippen molar-refractivity contribution in [2.45, 2.75) is 19.8 Å². The topological polar surface area (TPSA) is 0 Å². The van der Waals surface area contributed by atoms with E-state index in [2.05, 4.69) is 6.92 Å². The molecule has 0 spiro atoms. The molecule has 0 rings (SSSR count). The zero-order valence-electron chi connectivity index (χ0n) is 4.21. The van der Waals surface area contributed by atoms with Crippen LogP contribution in [0.25, 0.3) is 0 Å². The van der Waals surface area contributed by atoms with Gasteiger partial charge < -0.3 is 0 Å². The van der Waals surface area contributed by atoms with Crippen LogP contribution >= 0.6 is 11.6 Å². The number of hydrogen-bond acceptors (Lipinski definition) is 0. The molecule has 0 saturated carbocycles. The van der Waals surface area contributed by atoms with Gasteiger partial charge in [0.05, 0.1) is 0 Å². The zero-order valence-corrected chi connectivity index (χ0v) is 7.93. The van der Waals surface area contributed by atoms with Crippen LogP contribution in [0.4, 0.5) is 0 Å². The molecule has 6 heavy (non-hydrogen) atoms. The molecule has 0 aliphatic carbocycles. The first-order valence-electron chi connectivity index (χ1n) is 1.97. The number of rotatable bonds is 2. The summed E-state index contributed by atoms with van der Waals surface area (Å²) >= 11 is 5.30. The molecule has 0 bridgehead atoms. The molecule has 0 radical (unpaired) electrons. The summed E-state index contributed by atoms with van der Waals surface area (Å²) < 4.78 is 0. The van der Waals surface area contributed by atoms with Crippen LogP contribution in [-0.2, 0) is 19.5 Å². The maximum atomic E-state index is 5.30. The van der Waals surface area contributed by atoms with Crippen molar-refractivity contribution < 1.29 is 19.5 Å². The fourth-order valence-corrected chi connectivity index (χ4v) is 0.401. The smallest absolute Gasteiger partial charge is 0.0223 e. The molecule has 0 nitrogen and oxygen atoms in total. The molecule has 0 aliphatic rings. The van der Waals surface area contributed by atoms with Crippen molar-refractivity contribution in [2.75, 3.05) is 5.88 Å². The Labute approximate surface area is 57.0 Å². The van der Waals surface area contributed by atoms with Gasteiger partial charge in [-0.1, -0.05) is 13.3 Å². The molecule has 0 atom stereocenters. The maximum absolute atomic E-state index is 5.30. The summed E-state index contributed by atoms with van der Waals surface area (Å²) in [6.07, 6.45) is 2.37. The molecule has 34 valence electrons. The number of unbranched alkanes of at least 4 members (excludes halogenated alkanes) is 1. The SMILES string of the molecule is CCCCCl.[Zn]. The molecule has 0 amide bonds. The van der Waals surface area contributed by atoms with Crippen LogP contribution in [0.2, 0.25) is 0 Å². The van der Waals surface area contributed by atoms with Gasteiger partial charge in [0.25, 0.3) is 0 Å². The average Bonchev–Trinajstić information content (AvgIpc) is 1.41. The van der Waals surface area contributed by atoms with Crippen molar-refractivity contribution in [3.8, 4) is 0 Å². The zero-order chi connectivity index (χ0) is 4.12. The van der Waals surface area contributed by atoms with E-state index in [1.54, 1.807) is 0 Å². The summed E-state index contributed by atoms with van der Waals surface area (Å²) in [5, 5.41) is 0. The Balaban J connectivity index is 0. The summed E-state index contributed by atoms with van der Waals surface area (Å²) in [5.41, 5.74) is 0. The second kappa shape index (κ2) is 9.32. The molecular weight excluding hydrogens is 149 g/mol. The summed E-state index contributed by atoms with van der Waals surface area (Å²) in [5.74, 6) is 0.816. The van der Waals surface area contributed by atoms with E-state index >= 15 is 0 Å². The number of hydrogen-bond donors (Lipinski definition) is 0. The summed E-state index contributed by atoms with van der Waals surface area (Å²) in [6.45, 7) is 2.13. The van der Waals surface area contributed by atoms with Crippen molar-refractivity contribution in [3.63, 3.8) is 0 Å². The van der Waals surface area contributed by atoms with Gasteiger partial charge >= 0.3 is 0 Å². The molecule has 0 heterocycles. The van der Waals surface area contributed by atoms with Crippen molar-refractivity contribution in [2.24, 2.45) is 0 Å². The molecule has 0 aromatic carbocycles. The third-order valence-corrected chi connectivity index (χ3v) is 0.754. The van der Waals surface area contributed by atoms with Crippen LogP contribution in [0.1, 0.15) is 19.8 Å². The normalized spacial score (nSPS) is 7.00. The van der Waals surface area contributed by atoms with E-state index in [4.69, 9.17) is 11.6 Å². The van der Waals surface area contributed by atoms with Gasteiger partial charge in [0, 0.05) is 25.4 Å². The Morgan fingerprint density at radius 2 is 2.00 bits per heavy atom. The first kappa shape index (κ1) is 10.0. The van der Waals surface area contributed by atoms with Gasteiger partial charge in [-0.3, -0.25) is 0 Å². The van der Waals surface area contributed by atoms with Gasteiger partial charge in [0.15, 0.2) is 0 Å². The minimum atomic E-state index is 0. The average molecular weight is 158 g/mol. The third-order valence-electron chi connectivity index (χ3n) is 0.487. The van der Waals surface area contributed by atoms with Gasteiger partial charge in [-0.15, -0.1) is 11.6 Å². The Bertz CT molecular complexity index is 15.0. The van der Waals surface area contributed by atoms with Gasteiger partial charge in [-0.05, 0) is 6.42 Å². The molecule has 0 saturated heterocycles. The molecule has 0 fully saturated rings. The fraction of sp³-hybridized carbons (Fsp3) is 1.00. The number of halogens is 1. The Kier molecular flexibility index (Phi) is 15.6. The van der Waals surface area contributed by atoms with Crippen molar-refractivity contribution in [3.05, 3.63) is 0 Å². The first-order chi connectivity index (χ1) is 2.41. The Morgan fingerprint density at radius 1 is 1.50 bits per heavy atom. The molecule has 0 unspecified atom stereocenters. The van der Waals surface area contributed by atoms with E-state index in [9.17, 15) is 0 Å². The van der Waals surface area contributed by atoms with E-state index in [0.717, 1.165) is 12.3 Å². The Morgan fingerprint density at radius 3 is 2.00 bits per heavy atom. The fourth-order valence-electron chi connectivity index (χ4n) is 0.134. The van der Waals surface area contributed by atoms with Crippen LogP contribution in [-0.4, -0.2) is 5.88 Å². The predicted octanol–water partition coefficient (Wildman–Crippen LogP) is 2.02. The van der Waals surface area contributed by atoms with Crippen LogP contribution < -0.4 is 0 Å². The van der Waals surface area contributed by atoms with E-state index in [1.807, 2.05) is 0 Å². The molecule has 0 aromatic heterocycles. The second-order valence-corrected chi connectivity index (χ2v) is 1.42. The van der Waals surface area contributed by atoms with Crippen molar-refractivity contribution in [1.29, 1.82) is 0 Å². The predicted molar refractivity (Wildman–Crippen MR) is 25.6 cm³/mol. The van der Waals surface area contributed by atoms with Crippen molar-refractivity contribution in [1.82, 2.24) is 0 Å². The Hall–Kier alpha value is 0.913. The van der Waals surface area contributed by atoms with Gasteiger partial charge in [0.2, 0.25) is 0 Å². The number of alkyl halides is 1. The minimum absolute atomic E-state index is 0. The largest absolute Gasteiger partial charge is 0.127 e. The van der Waals surface area contributed by atoms with Crippen LogP contribution in [0.5, 0.6) is 0 Å². The standard InChI is InChI=1S/C4H9Cl.Zn/c1-2-3-4-5;/h2-4H2,1H3;. The van der Waals surface area contributed by atoms with Gasteiger partial charge in [-0.2, -0.15) is 0 Å². The summed E-state index contributed by atoms with van der Waals surface area (Å²) in [4.78, 5) is 0. The summed E-state index contributed by atoms with van der Waals surface area (Å²) in [7, 11) is 0. The minimum Gasteiger partial charge on any atom is -0.127 e.